The molecule has 0 radical (unpaired) electrons. The number of benzene rings is 1. The highest BCUT2D eigenvalue weighted by Gasteiger charge is 2.42. The number of rotatable bonds is 4. The second-order valence-electron chi connectivity index (χ2n) is 4.95. The minimum absolute atomic E-state index is 0.148. The van der Waals surface area contributed by atoms with Gasteiger partial charge in [-0.15, -0.1) is 0 Å². The Labute approximate surface area is 116 Å². The fourth-order valence-electron chi connectivity index (χ4n) is 2.51. The Kier molecular flexibility index (Phi) is 4.10. The van der Waals surface area contributed by atoms with Crippen LogP contribution < -0.4 is 5.32 Å². The van der Waals surface area contributed by atoms with Gasteiger partial charge in [-0.3, -0.25) is 4.79 Å². The number of nitrogens with one attached hydrogen (secondary N) is 1. The van der Waals surface area contributed by atoms with Crippen molar-refractivity contribution in [2.75, 3.05) is 0 Å². The summed E-state index contributed by atoms with van der Waals surface area (Å²) in [5, 5.41) is 12.5. The molecule has 4 nitrogen and oxygen atoms in total. The molecule has 0 aliphatic heterocycles. The minimum Gasteiger partial charge on any atom is -0.480 e. The first kappa shape index (κ1) is 13.9. The van der Waals surface area contributed by atoms with E-state index in [1.165, 1.54) is 0 Å². The predicted octanol–water partition coefficient (Wildman–Crippen LogP) is 2.40. The minimum atomic E-state index is -1.07. The van der Waals surface area contributed by atoms with Crippen molar-refractivity contribution in [2.24, 2.45) is 0 Å². The molecule has 1 aliphatic rings. The molecule has 0 saturated heterocycles. The highest BCUT2D eigenvalue weighted by Crippen LogP contribution is 2.30. The zero-order valence-electron chi connectivity index (χ0n) is 10.5. The maximum atomic E-state index is 12.0. The molecule has 0 bridgehead atoms. The van der Waals surface area contributed by atoms with Crippen LogP contribution in [0.1, 0.15) is 31.2 Å². The second-order valence-corrected chi connectivity index (χ2v) is 5.39. The molecule has 1 amide bonds. The monoisotopic (exact) mass is 281 g/mol. The van der Waals surface area contributed by atoms with Gasteiger partial charge in [0.1, 0.15) is 5.54 Å². The van der Waals surface area contributed by atoms with Crippen LogP contribution in [0.5, 0.6) is 0 Å². The van der Waals surface area contributed by atoms with Gasteiger partial charge in [0, 0.05) is 5.02 Å². The Morgan fingerprint density at radius 1 is 1.32 bits per heavy atom. The van der Waals surface area contributed by atoms with E-state index < -0.39 is 11.5 Å². The van der Waals surface area contributed by atoms with Crippen LogP contribution in [0.15, 0.2) is 24.3 Å². The van der Waals surface area contributed by atoms with E-state index in [2.05, 4.69) is 5.32 Å². The van der Waals surface area contributed by atoms with Crippen LogP contribution in [0.25, 0.3) is 0 Å². The predicted molar refractivity (Wildman–Crippen MR) is 72.1 cm³/mol. The number of amides is 1. The SMILES string of the molecule is O=C(Cc1cccc(Cl)c1)NC1(C(=O)O)CCCC1. The van der Waals surface area contributed by atoms with Crippen LogP contribution >= 0.6 is 11.6 Å². The number of carbonyl (C=O) groups is 2. The molecule has 0 atom stereocenters. The molecule has 5 heteroatoms. The van der Waals surface area contributed by atoms with E-state index in [9.17, 15) is 14.7 Å². The number of carboxylic acids is 1. The number of carbonyl (C=O) groups excluding carboxylic acids is 1. The van der Waals surface area contributed by atoms with E-state index in [0.717, 1.165) is 18.4 Å². The van der Waals surface area contributed by atoms with Gasteiger partial charge in [0.15, 0.2) is 0 Å². The quantitative estimate of drug-likeness (QED) is 0.890. The molecule has 1 aromatic carbocycles. The van der Waals surface area contributed by atoms with Gasteiger partial charge in [0.05, 0.1) is 6.42 Å². The summed E-state index contributed by atoms with van der Waals surface area (Å²) >= 11 is 5.85. The molecule has 0 unspecified atom stereocenters. The first-order valence-corrected chi connectivity index (χ1v) is 6.68. The molecule has 0 heterocycles. The maximum Gasteiger partial charge on any atom is 0.329 e. The van der Waals surface area contributed by atoms with Crippen LogP contribution in [0.4, 0.5) is 0 Å². The summed E-state index contributed by atoms with van der Waals surface area (Å²) in [6.45, 7) is 0. The van der Waals surface area contributed by atoms with Gasteiger partial charge < -0.3 is 10.4 Å². The lowest BCUT2D eigenvalue weighted by Gasteiger charge is -2.25. The summed E-state index contributed by atoms with van der Waals surface area (Å²) in [7, 11) is 0. The Bertz CT molecular complexity index is 495. The zero-order valence-corrected chi connectivity index (χ0v) is 11.2. The number of carboxylic acid groups (broad SMARTS) is 1. The fraction of sp³-hybridized carbons (Fsp3) is 0.429. The van der Waals surface area contributed by atoms with Crippen molar-refractivity contribution in [3.8, 4) is 0 Å². The van der Waals surface area contributed by atoms with Gasteiger partial charge in [0.25, 0.3) is 0 Å². The fourth-order valence-corrected chi connectivity index (χ4v) is 2.73. The van der Waals surface area contributed by atoms with E-state index >= 15 is 0 Å². The average Bonchev–Trinajstić information content (AvgIpc) is 2.78. The third-order valence-electron chi connectivity index (χ3n) is 3.50. The van der Waals surface area contributed by atoms with Crippen molar-refractivity contribution < 1.29 is 14.7 Å². The number of aliphatic carboxylic acids is 1. The van der Waals surface area contributed by atoms with E-state index in [0.29, 0.717) is 17.9 Å². The van der Waals surface area contributed by atoms with Gasteiger partial charge in [-0.1, -0.05) is 36.6 Å². The topological polar surface area (TPSA) is 66.4 Å². The van der Waals surface area contributed by atoms with Crippen molar-refractivity contribution in [1.29, 1.82) is 0 Å². The van der Waals surface area contributed by atoms with E-state index in [1.54, 1.807) is 24.3 Å². The number of hydrogen-bond acceptors (Lipinski definition) is 2. The smallest absolute Gasteiger partial charge is 0.329 e. The third kappa shape index (κ3) is 3.26. The number of halogens is 1. The molecule has 0 spiro atoms. The summed E-state index contributed by atoms with van der Waals surface area (Å²) in [4.78, 5) is 23.3. The lowest BCUT2D eigenvalue weighted by atomic mass is 9.97. The van der Waals surface area contributed by atoms with Crippen LogP contribution in [-0.2, 0) is 16.0 Å². The lowest BCUT2D eigenvalue weighted by Crippen LogP contribution is -2.52. The van der Waals surface area contributed by atoms with E-state index in [4.69, 9.17) is 11.6 Å². The molecule has 1 fully saturated rings. The first-order valence-electron chi connectivity index (χ1n) is 6.31. The van der Waals surface area contributed by atoms with Crippen molar-refractivity contribution in [3.05, 3.63) is 34.9 Å². The second kappa shape index (κ2) is 5.61. The van der Waals surface area contributed by atoms with Crippen molar-refractivity contribution in [1.82, 2.24) is 5.32 Å². The van der Waals surface area contributed by atoms with Crippen LogP contribution in [0.3, 0.4) is 0 Å². The van der Waals surface area contributed by atoms with Gasteiger partial charge in [0.2, 0.25) is 5.91 Å². The summed E-state index contributed by atoms with van der Waals surface area (Å²) in [5.74, 6) is -1.21. The molecule has 102 valence electrons. The van der Waals surface area contributed by atoms with Gasteiger partial charge in [-0.25, -0.2) is 4.79 Å². The first-order chi connectivity index (χ1) is 9.02. The van der Waals surface area contributed by atoms with Crippen molar-refractivity contribution >= 4 is 23.5 Å². The molecular weight excluding hydrogens is 266 g/mol. The summed E-state index contributed by atoms with van der Waals surface area (Å²) in [6, 6.07) is 7.02. The van der Waals surface area contributed by atoms with Crippen LogP contribution in [0, 0.1) is 0 Å². The van der Waals surface area contributed by atoms with E-state index in [1.807, 2.05) is 0 Å². The van der Waals surface area contributed by atoms with E-state index in [-0.39, 0.29) is 12.3 Å². The summed E-state index contributed by atoms with van der Waals surface area (Å²) in [5.41, 5.74) is -0.293. The molecule has 1 saturated carbocycles. The largest absolute Gasteiger partial charge is 0.480 e. The van der Waals surface area contributed by atoms with Gasteiger partial charge in [-0.2, -0.15) is 0 Å². The molecule has 2 N–H and O–H groups in total. The molecule has 1 aliphatic carbocycles. The highest BCUT2D eigenvalue weighted by atomic mass is 35.5. The maximum absolute atomic E-state index is 12.0. The summed E-state index contributed by atoms with van der Waals surface area (Å²) < 4.78 is 0. The average molecular weight is 282 g/mol. The molecule has 19 heavy (non-hydrogen) atoms. The molecular formula is C14H16ClNO3. The molecule has 1 aromatic rings. The van der Waals surface area contributed by atoms with Gasteiger partial charge in [-0.05, 0) is 30.5 Å². The zero-order chi connectivity index (χ0) is 13.9. The lowest BCUT2D eigenvalue weighted by molar-refractivity contribution is -0.147. The normalized spacial score (nSPS) is 17.1. The standard InChI is InChI=1S/C14H16ClNO3/c15-11-5-3-4-10(8-11)9-12(17)16-14(13(18)19)6-1-2-7-14/h3-5,8H,1-2,6-7,9H2,(H,16,17)(H,18,19). The van der Waals surface area contributed by atoms with Crippen molar-refractivity contribution in [3.63, 3.8) is 0 Å². The van der Waals surface area contributed by atoms with Crippen molar-refractivity contribution in [2.45, 2.75) is 37.6 Å². The van der Waals surface area contributed by atoms with Crippen LogP contribution in [-0.4, -0.2) is 22.5 Å². The van der Waals surface area contributed by atoms with Crippen LogP contribution in [0.2, 0.25) is 5.02 Å². The third-order valence-corrected chi connectivity index (χ3v) is 3.73. The Hall–Kier alpha value is -1.55. The Balaban J connectivity index is 2.02. The Morgan fingerprint density at radius 3 is 2.58 bits per heavy atom. The highest BCUT2D eigenvalue weighted by molar-refractivity contribution is 6.30. The Morgan fingerprint density at radius 2 is 2.00 bits per heavy atom. The molecule has 2 rings (SSSR count). The summed E-state index contributed by atoms with van der Waals surface area (Å²) in [6.07, 6.45) is 2.83. The molecule has 0 aromatic heterocycles. The number of hydrogen-bond donors (Lipinski definition) is 2. The van der Waals surface area contributed by atoms with Gasteiger partial charge >= 0.3 is 5.97 Å².